The molecule has 0 saturated carbocycles. The van der Waals surface area contributed by atoms with Gasteiger partial charge in [0.15, 0.2) is 5.13 Å². The number of thiazole rings is 1. The summed E-state index contributed by atoms with van der Waals surface area (Å²) in [4.78, 5) is 18.8. The summed E-state index contributed by atoms with van der Waals surface area (Å²) in [6.07, 6.45) is 3.11. The first-order valence-corrected chi connectivity index (χ1v) is 6.07. The lowest BCUT2D eigenvalue weighted by Gasteiger charge is -2.25. The van der Waals surface area contributed by atoms with Gasteiger partial charge in [-0.3, -0.25) is 4.79 Å². The molecule has 2 N–H and O–H groups in total. The molecule has 1 aliphatic heterocycles. The van der Waals surface area contributed by atoms with Crippen LogP contribution in [-0.2, 0) is 0 Å². The highest BCUT2D eigenvalue weighted by Crippen LogP contribution is 2.23. The predicted octanol–water partition coefficient (Wildman–Crippen LogP) is 1.83. The average Bonchev–Trinajstić information content (AvgIpc) is 2.57. The Balaban J connectivity index is 2.19. The van der Waals surface area contributed by atoms with Gasteiger partial charge >= 0.3 is 0 Å². The Bertz CT molecular complexity index is 450. The van der Waals surface area contributed by atoms with Crippen LogP contribution in [-0.4, -0.2) is 28.9 Å². The summed E-state index contributed by atoms with van der Waals surface area (Å²) in [7, 11) is 0. The zero-order valence-electron chi connectivity index (χ0n) is 9.49. The Morgan fingerprint density at radius 2 is 2.31 bits per heavy atom. The number of hydrogen-bond donors (Lipinski definition) is 1. The van der Waals surface area contributed by atoms with Crippen molar-refractivity contribution in [1.29, 1.82) is 0 Å². The molecule has 1 aromatic heterocycles. The van der Waals surface area contributed by atoms with E-state index < -0.39 is 0 Å². The number of nitrogens with two attached hydrogens (primary N) is 1. The molecule has 5 heteroatoms. The minimum absolute atomic E-state index is 0.0548. The van der Waals surface area contributed by atoms with Gasteiger partial charge < -0.3 is 10.6 Å². The molecule has 16 heavy (non-hydrogen) atoms. The van der Waals surface area contributed by atoms with E-state index in [0.29, 0.717) is 10.0 Å². The molecule has 0 spiro atoms. The van der Waals surface area contributed by atoms with Crippen molar-refractivity contribution in [3.05, 3.63) is 22.2 Å². The zero-order valence-corrected chi connectivity index (χ0v) is 10.3. The van der Waals surface area contributed by atoms with Crippen molar-refractivity contribution < 1.29 is 4.79 Å². The van der Waals surface area contributed by atoms with Gasteiger partial charge in [0.25, 0.3) is 5.91 Å². The summed E-state index contributed by atoms with van der Waals surface area (Å²) >= 11 is 1.27. The smallest absolute Gasteiger partial charge is 0.266 e. The summed E-state index contributed by atoms with van der Waals surface area (Å²) < 4.78 is 0. The molecule has 1 aromatic rings. The van der Waals surface area contributed by atoms with Gasteiger partial charge in [-0.2, -0.15) is 0 Å². The highest BCUT2D eigenvalue weighted by atomic mass is 32.1. The number of rotatable bonds is 1. The minimum Gasteiger partial charge on any atom is -0.375 e. The highest BCUT2D eigenvalue weighted by molar-refractivity contribution is 7.17. The van der Waals surface area contributed by atoms with Crippen LogP contribution >= 0.6 is 11.3 Å². The molecule has 2 rings (SSSR count). The van der Waals surface area contributed by atoms with Crippen LogP contribution in [0.15, 0.2) is 11.6 Å². The molecule has 0 atom stereocenters. The number of aryl methyl sites for hydroxylation is 1. The molecule has 1 aliphatic rings. The SMILES string of the molecule is CC1=CCCN(C(=O)c2sc(N)nc2C)C1. The van der Waals surface area contributed by atoms with E-state index in [4.69, 9.17) is 5.73 Å². The molecular formula is C11H15N3OS. The fraction of sp³-hybridized carbons (Fsp3) is 0.455. The Morgan fingerprint density at radius 1 is 1.56 bits per heavy atom. The maximum atomic E-state index is 12.2. The first kappa shape index (κ1) is 11.1. The van der Waals surface area contributed by atoms with Gasteiger partial charge in [-0.25, -0.2) is 4.98 Å². The number of anilines is 1. The molecule has 0 bridgehead atoms. The Kier molecular flexibility index (Phi) is 2.96. The molecule has 86 valence electrons. The number of carbonyl (C=O) groups excluding carboxylic acids is 1. The van der Waals surface area contributed by atoms with E-state index in [2.05, 4.69) is 11.1 Å². The molecule has 0 aromatic carbocycles. The lowest BCUT2D eigenvalue weighted by Crippen LogP contribution is -2.35. The first-order chi connectivity index (χ1) is 7.58. The van der Waals surface area contributed by atoms with Crippen molar-refractivity contribution in [3.8, 4) is 0 Å². The topological polar surface area (TPSA) is 59.2 Å². The van der Waals surface area contributed by atoms with Gasteiger partial charge in [0.2, 0.25) is 0 Å². The molecule has 4 nitrogen and oxygen atoms in total. The Labute approximate surface area is 98.8 Å². The second-order valence-electron chi connectivity index (χ2n) is 4.03. The van der Waals surface area contributed by atoms with Crippen molar-refractivity contribution in [2.24, 2.45) is 0 Å². The normalized spacial score (nSPS) is 16.1. The van der Waals surface area contributed by atoms with Gasteiger partial charge in [-0.1, -0.05) is 23.0 Å². The Hall–Kier alpha value is -1.36. The van der Waals surface area contributed by atoms with Crippen molar-refractivity contribution in [2.45, 2.75) is 20.3 Å². The predicted molar refractivity (Wildman–Crippen MR) is 65.5 cm³/mol. The van der Waals surface area contributed by atoms with Crippen LogP contribution in [0.1, 0.15) is 28.7 Å². The monoisotopic (exact) mass is 237 g/mol. The van der Waals surface area contributed by atoms with Gasteiger partial charge in [-0.05, 0) is 20.3 Å². The van der Waals surface area contributed by atoms with Crippen LogP contribution in [0.25, 0.3) is 0 Å². The van der Waals surface area contributed by atoms with Gasteiger partial charge in [0.05, 0.1) is 5.69 Å². The van der Waals surface area contributed by atoms with Gasteiger partial charge in [-0.15, -0.1) is 0 Å². The highest BCUT2D eigenvalue weighted by Gasteiger charge is 2.22. The number of aromatic nitrogens is 1. The van der Waals surface area contributed by atoms with E-state index in [-0.39, 0.29) is 5.91 Å². The molecule has 0 radical (unpaired) electrons. The van der Waals surface area contributed by atoms with E-state index >= 15 is 0 Å². The number of hydrogen-bond acceptors (Lipinski definition) is 4. The van der Waals surface area contributed by atoms with Crippen LogP contribution in [0.2, 0.25) is 0 Å². The maximum absolute atomic E-state index is 12.2. The minimum atomic E-state index is 0.0548. The summed E-state index contributed by atoms with van der Waals surface area (Å²) in [5.41, 5.74) is 7.58. The third kappa shape index (κ3) is 2.09. The van der Waals surface area contributed by atoms with Crippen molar-refractivity contribution >= 4 is 22.4 Å². The number of nitrogens with zero attached hydrogens (tertiary/aromatic N) is 2. The number of carbonyl (C=O) groups is 1. The largest absolute Gasteiger partial charge is 0.375 e. The van der Waals surface area contributed by atoms with Crippen LogP contribution in [0.5, 0.6) is 0 Å². The van der Waals surface area contributed by atoms with E-state index in [0.717, 1.165) is 25.2 Å². The summed E-state index contributed by atoms with van der Waals surface area (Å²) in [5, 5.41) is 0.463. The fourth-order valence-corrected chi connectivity index (χ4v) is 2.65. The molecule has 0 unspecified atom stereocenters. The van der Waals surface area contributed by atoms with E-state index in [1.165, 1.54) is 16.9 Å². The van der Waals surface area contributed by atoms with E-state index in [1.54, 1.807) is 0 Å². The second-order valence-corrected chi connectivity index (χ2v) is 5.06. The molecule has 1 amide bonds. The molecular weight excluding hydrogens is 222 g/mol. The Morgan fingerprint density at radius 3 is 2.88 bits per heavy atom. The van der Waals surface area contributed by atoms with Crippen LogP contribution in [0, 0.1) is 6.92 Å². The maximum Gasteiger partial charge on any atom is 0.266 e. The summed E-state index contributed by atoms with van der Waals surface area (Å²) in [6, 6.07) is 0. The van der Waals surface area contributed by atoms with Crippen LogP contribution < -0.4 is 5.73 Å². The molecule has 2 heterocycles. The fourth-order valence-electron chi connectivity index (χ4n) is 1.84. The third-order valence-electron chi connectivity index (χ3n) is 2.63. The number of nitrogen functional groups attached to an aromatic ring is 1. The van der Waals surface area contributed by atoms with Crippen molar-refractivity contribution in [3.63, 3.8) is 0 Å². The van der Waals surface area contributed by atoms with Crippen LogP contribution in [0.3, 0.4) is 0 Å². The van der Waals surface area contributed by atoms with Gasteiger partial charge in [0, 0.05) is 13.1 Å². The second kappa shape index (κ2) is 4.25. The molecule has 0 fully saturated rings. The quantitative estimate of drug-likeness (QED) is 0.758. The van der Waals surface area contributed by atoms with E-state index in [9.17, 15) is 4.79 Å². The van der Waals surface area contributed by atoms with Crippen molar-refractivity contribution in [1.82, 2.24) is 9.88 Å². The number of amides is 1. The van der Waals surface area contributed by atoms with Crippen LogP contribution in [0.4, 0.5) is 5.13 Å². The third-order valence-corrected chi connectivity index (χ3v) is 3.60. The lowest BCUT2D eigenvalue weighted by molar-refractivity contribution is 0.0770. The standard InChI is InChI=1S/C11H15N3OS/c1-7-4-3-5-14(6-7)10(15)9-8(2)13-11(12)16-9/h4H,3,5-6H2,1-2H3,(H2,12,13). The van der Waals surface area contributed by atoms with Crippen molar-refractivity contribution in [2.75, 3.05) is 18.8 Å². The lowest BCUT2D eigenvalue weighted by atomic mass is 10.1. The zero-order chi connectivity index (χ0) is 11.7. The van der Waals surface area contributed by atoms with E-state index in [1.807, 2.05) is 18.7 Å². The molecule has 0 saturated heterocycles. The van der Waals surface area contributed by atoms with Gasteiger partial charge in [0.1, 0.15) is 4.88 Å². The summed E-state index contributed by atoms with van der Waals surface area (Å²) in [6.45, 7) is 5.38. The average molecular weight is 237 g/mol. The first-order valence-electron chi connectivity index (χ1n) is 5.25. The molecule has 0 aliphatic carbocycles. The summed E-state index contributed by atoms with van der Waals surface area (Å²) in [5.74, 6) is 0.0548.